The lowest BCUT2D eigenvalue weighted by Gasteiger charge is -2.27. The van der Waals surface area contributed by atoms with Crippen molar-refractivity contribution in [1.82, 2.24) is 16.0 Å². The van der Waals surface area contributed by atoms with E-state index in [1.54, 1.807) is 0 Å². The Kier molecular flexibility index (Phi) is 6.84. The van der Waals surface area contributed by atoms with Gasteiger partial charge in [-0.15, -0.1) is 0 Å². The van der Waals surface area contributed by atoms with Gasteiger partial charge >= 0.3 is 0 Å². The molecule has 1 unspecified atom stereocenters. The monoisotopic (exact) mass is 269 g/mol. The van der Waals surface area contributed by atoms with Crippen LogP contribution in [0.2, 0.25) is 0 Å². The lowest BCUT2D eigenvalue weighted by Crippen LogP contribution is -2.43. The SMILES string of the molecule is CCC(C)NC(=O)CCNC(=O)[C@H]1CCN[C@@H](C)C1. The molecule has 1 heterocycles. The molecule has 0 saturated carbocycles. The van der Waals surface area contributed by atoms with Crippen LogP contribution in [-0.4, -0.2) is 37.0 Å². The van der Waals surface area contributed by atoms with Gasteiger partial charge in [-0.1, -0.05) is 6.92 Å². The van der Waals surface area contributed by atoms with Gasteiger partial charge < -0.3 is 16.0 Å². The highest BCUT2D eigenvalue weighted by molar-refractivity contribution is 5.80. The summed E-state index contributed by atoms with van der Waals surface area (Å²) in [7, 11) is 0. The predicted molar refractivity (Wildman–Crippen MR) is 75.7 cm³/mol. The lowest BCUT2D eigenvalue weighted by molar-refractivity contribution is -0.126. The molecule has 0 aromatic rings. The van der Waals surface area contributed by atoms with Crippen LogP contribution in [0.1, 0.15) is 46.5 Å². The van der Waals surface area contributed by atoms with E-state index < -0.39 is 0 Å². The normalized spacial score (nSPS) is 24.6. The topological polar surface area (TPSA) is 70.2 Å². The van der Waals surface area contributed by atoms with E-state index in [-0.39, 0.29) is 23.8 Å². The van der Waals surface area contributed by atoms with Gasteiger partial charge in [-0.3, -0.25) is 9.59 Å². The van der Waals surface area contributed by atoms with Crippen LogP contribution in [0.5, 0.6) is 0 Å². The molecule has 0 aromatic carbocycles. The second kappa shape index (κ2) is 8.15. The van der Waals surface area contributed by atoms with Gasteiger partial charge in [0.15, 0.2) is 0 Å². The average Bonchev–Trinajstić information content (AvgIpc) is 2.38. The number of hydrogen-bond donors (Lipinski definition) is 3. The van der Waals surface area contributed by atoms with E-state index in [1.165, 1.54) is 0 Å². The molecule has 5 nitrogen and oxygen atoms in total. The summed E-state index contributed by atoms with van der Waals surface area (Å²) in [5.74, 6) is 0.187. The third-order valence-corrected chi connectivity index (χ3v) is 3.67. The van der Waals surface area contributed by atoms with Crippen molar-refractivity contribution in [1.29, 1.82) is 0 Å². The van der Waals surface area contributed by atoms with E-state index >= 15 is 0 Å². The number of amides is 2. The summed E-state index contributed by atoms with van der Waals surface area (Å²) in [6.07, 6.45) is 3.04. The highest BCUT2D eigenvalue weighted by Crippen LogP contribution is 2.15. The van der Waals surface area contributed by atoms with Gasteiger partial charge in [-0.25, -0.2) is 0 Å². The summed E-state index contributed by atoms with van der Waals surface area (Å²) < 4.78 is 0. The van der Waals surface area contributed by atoms with Crippen molar-refractivity contribution < 1.29 is 9.59 Å². The van der Waals surface area contributed by atoms with Crippen LogP contribution in [0.15, 0.2) is 0 Å². The fraction of sp³-hybridized carbons (Fsp3) is 0.857. The molecular weight excluding hydrogens is 242 g/mol. The second-order valence-electron chi connectivity index (χ2n) is 5.49. The quantitative estimate of drug-likeness (QED) is 0.668. The zero-order chi connectivity index (χ0) is 14.3. The first kappa shape index (κ1) is 16.0. The van der Waals surface area contributed by atoms with Gasteiger partial charge in [-0.05, 0) is 39.7 Å². The minimum Gasteiger partial charge on any atom is -0.355 e. The van der Waals surface area contributed by atoms with Gasteiger partial charge in [-0.2, -0.15) is 0 Å². The Hall–Kier alpha value is -1.10. The first-order chi connectivity index (χ1) is 9.02. The minimum atomic E-state index is 0.00771. The number of carbonyl (C=O) groups is 2. The molecule has 1 aliphatic heterocycles. The van der Waals surface area contributed by atoms with E-state index in [2.05, 4.69) is 22.9 Å². The molecule has 1 fully saturated rings. The third-order valence-electron chi connectivity index (χ3n) is 3.67. The van der Waals surface area contributed by atoms with Gasteiger partial charge in [0.05, 0.1) is 0 Å². The fourth-order valence-electron chi connectivity index (χ4n) is 2.26. The standard InChI is InChI=1S/C14H27N3O2/c1-4-10(2)17-13(18)6-8-16-14(19)12-5-7-15-11(3)9-12/h10-12,15H,4-9H2,1-3H3,(H,16,19)(H,17,18)/t10?,11-,12-/m0/s1. The van der Waals surface area contributed by atoms with Gasteiger partial charge in [0, 0.05) is 31.0 Å². The summed E-state index contributed by atoms with van der Waals surface area (Å²) in [5.41, 5.74) is 0. The molecule has 1 saturated heterocycles. The van der Waals surface area contributed by atoms with Gasteiger partial charge in [0.2, 0.25) is 11.8 Å². The van der Waals surface area contributed by atoms with Crippen molar-refractivity contribution in [3.8, 4) is 0 Å². The van der Waals surface area contributed by atoms with Crippen molar-refractivity contribution in [2.75, 3.05) is 13.1 Å². The molecule has 0 bridgehead atoms. The Labute approximate surface area is 115 Å². The Morgan fingerprint density at radius 3 is 2.79 bits per heavy atom. The molecule has 110 valence electrons. The second-order valence-corrected chi connectivity index (χ2v) is 5.49. The molecule has 1 aliphatic rings. The maximum Gasteiger partial charge on any atom is 0.223 e. The molecule has 3 atom stereocenters. The maximum absolute atomic E-state index is 11.9. The van der Waals surface area contributed by atoms with Crippen LogP contribution < -0.4 is 16.0 Å². The average molecular weight is 269 g/mol. The minimum absolute atomic E-state index is 0.00771. The summed E-state index contributed by atoms with van der Waals surface area (Å²) in [5, 5.41) is 9.08. The molecular formula is C14H27N3O2. The first-order valence-corrected chi connectivity index (χ1v) is 7.33. The number of piperidine rings is 1. The Bertz CT molecular complexity index is 307. The van der Waals surface area contributed by atoms with Crippen LogP contribution >= 0.6 is 0 Å². The maximum atomic E-state index is 11.9. The molecule has 2 amide bonds. The number of nitrogens with one attached hydrogen (secondary N) is 3. The molecule has 5 heteroatoms. The van der Waals surface area contributed by atoms with Crippen LogP contribution in [-0.2, 0) is 9.59 Å². The molecule has 3 N–H and O–H groups in total. The lowest BCUT2D eigenvalue weighted by atomic mass is 9.92. The molecule has 0 aromatic heterocycles. The zero-order valence-electron chi connectivity index (χ0n) is 12.3. The Balaban J connectivity index is 2.18. The van der Waals surface area contributed by atoms with Gasteiger partial charge in [0.25, 0.3) is 0 Å². The molecule has 0 spiro atoms. The Morgan fingerprint density at radius 1 is 1.42 bits per heavy atom. The predicted octanol–water partition coefficient (Wildman–Crippen LogP) is 0.796. The van der Waals surface area contributed by atoms with Crippen LogP contribution in [0.4, 0.5) is 0 Å². The van der Waals surface area contributed by atoms with E-state index in [0.29, 0.717) is 19.0 Å². The number of rotatable bonds is 6. The van der Waals surface area contributed by atoms with E-state index in [1.807, 2.05) is 13.8 Å². The summed E-state index contributed by atoms with van der Waals surface area (Å²) in [4.78, 5) is 23.5. The van der Waals surface area contributed by atoms with Crippen LogP contribution in [0, 0.1) is 5.92 Å². The number of hydrogen-bond acceptors (Lipinski definition) is 3. The van der Waals surface area contributed by atoms with Crippen molar-refractivity contribution in [2.45, 2.75) is 58.5 Å². The third kappa shape index (κ3) is 6.05. The van der Waals surface area contributed by atoms with Crippen LogP contribution in [0.25, 0.3) is 0 Å². The van der Waals surface area contributed by atoms with E-state index in [0.717, 1.165) is 25.8 Å². The summed E-state index contributed by atoms with van der Waals surface area (Å²) in [6, 6.07) is 0.603. The molecule has 0 radical (unpaired) electrons. The van der Waals surface area contributed by atoms with Crippen molar-refractivity contribution >= 4 is 11.8 Å². The van der Waals surface area contributed by atoms with Crippen LogP contribution in [0.3, 0.4) is 0 Å². The largest absolute Gasteiger partial charge is 0.355 e. The smallest absolute Gasteiger partial charge is 0.223 e. The van der Waals surface area contributed by atoms with Crippen molar-refractivity contribution in [3.05, 3.63) is 0 Å². The number of carbonyl (C=O) groups excluding carboxylic acids is 2. The molecule has 0 aliphatic carbocycles. The highest BCUT2D eigenvalue weighted by Gasteiger charge is 2.24. The van der Waals surface area contributed by atoms with Crippen molar-refractivity contribution in [2.24, 2.45) is 5.92 Å². The summed E-state index contributed by atoms with van der Waals surface area (Å²) in [6.45, 7) is 7.43. The first-order valence-electron chi connectivity index (χ1n) is 7.33. The van der Waals surface area contributed by atoms with Gasteiger partial charge in [0.1, 0.15) is 0 Å². The van der Waals surface area contributed by atoms with E-state index in [9.17, 15) is 9.59 Å². The molecule has 1 rings (SSSR count). The summed E-state index contributed by atoms with van der Waals surface area (Å²) >= 11 is 0. The zero-order valence-corrected chi connectivity index (χ0v) is 12.3. The van der Waals surface area contributed by atoms with Crippen molar-refractivity contribution in [3.63, 3.8) is 0 Å². The molecule has 19 heavy (non-hydrogen) atoms. The highest BCUT2D eigenvalue weighted by atomic mass is 16.2. The Morgan fingerprint density at radius 2 is 2.16 bits per heavy atom. The fourth-order valence-corrected chi connectivity index (χ4v) is 2.26. The van der Waals surface area contributed by atoms with E-state index in [4.69, 9.17) is 0 Å².